The van der Waals surface area contributed by atoms with E-state index >= 15 is 0 Å². The fraction of sp³-hybridized carbons (Fsp3) is 0.292. The van der Waals surface area contributed by atoms with Gasteiger partial charge in [0.2, 0.25) is 0 Å². The average molecular weight is 423 g/mol. The number of carbonyl (C=O) groups is 2. The van der Waals surface area contributed by atoms with Crippen molar-refractivity contribution >= 4 is 17.4 Å². The molecule has 160 valence electrons. The molecule has 1 aliphatic heterocycles. The first kappa shape index (κ1) is 20.9. The minimum Gasteiger partial charge on any atom is -0.362 e. The van der Waals surface area contributed by atoms with E-state index in [1.165, 1.54) is 6.07 Å². The first-order valence-corrected chi connectivity index (χ1v) is 10.1. The standard InChI is InChI=1S/C24H23F2N3O2/c1-13-20(23(31)29-17-7-6-15(25)9-16(17)26)21(14-5-4-8-27-12-14)22-18(28-13)10-24(2,3)11-19(22)30/h4-9,12,21,28H,10-11H2,1-3H3,(H,29,31)/t21-/m1/s1. The molecule has 2 N–H and O–H groups in total. The Kier molecular flexibility index (Phi) is 5.21. The Labute approximate surface area is 179 Å². The van der Waals surface area contributed by atoms with Gasteiger partial charge in [-0.2, -0.15) is 0 Å². The number of pyridine rings is 1. The van der Waals surface area contributed by atoms with Crippen molar-refractivity contribution in [2.45, 2.75) is 39.5 Å². The summed E-state index contributed by atoms with van der Waals surface area (Å²) in [6, 6.07) is 6.53. The van der Waals surface area contributed by atoms with Crippen LogP contribution in [-0.2, 0) is 9.59 Å². The van der Waals surface area contributed by atoms with Crippen molar-refractivity contribution in [3.8, 4) is 0 Å². The lowest BCUT2D eigenvalue weighted by molar-refractivity contribution is -0.118. The van der Waals surface area contributed by atoms with E-state index in [1.54, 1.807) is 25.4 Å². The van der Waals surface area contributed by atoms with Crippen molar-refractivity contribution in [1.82, 2.24) is 10.3 Å². The average Bonchev–Trinajstić information content (AvgIpc) is 2.68. The molecule has 1 amide bonds. The van der Waals surface area contributed by atoms with E-state index in [4.69, 9.17) is 0 Å². The smallest absolute Gasteiger partial charge is 0.254 e. The van der Waals surface area contributed by atoms with Crippen LogP contribution < -0.4 is 10.6 Å². The van der Waals surface area contributed by atoms with Gasteiger partial charge in [0.15, 0.2) is 5.78 Å². The van der Waals surface area contributed by atoms with Crippen LogP contribution in [0.25, 0.3) is 0 Å². The van der Waals surface area contributed by atoms with Crippen molar-refractivity contribution in [1.29, 1.82) is 0 Å². The number of benzene rings is 1. The van der Waals surface area contributed by atoms with Crippen LogP contribution in [0.1, 0.15) is 45.1 Å². The molecule has 0 spiro atoms. The van der Waals surface area contributed by atoms with Crippen LogP contribution in [0.3, 0.4) is 0 Å². The SMILES string of the molecule is CC1=C(C(=O)Nc2ccc(F)cc2F)[C@@H](c2cccnc2)C2=C(CC(C)(C)CC2=O)N1. The van der Waals surface area contributed by atoms with Crippen molar-refractivity contribution in [2.24, 2.45) is 5.41 Å². The van der Waals surface area contributed by atoms with Crippen molar-refractivity contribution in [3.63, 3.8) is 0 Å². The number of hydrogen-bond donors (Lipinski definition) is 2. The molecule has 1 atom stereocenters. The van der Waals surface area contributed by atoms with Crippen LogP contribution in [0.2, 0.25) is 0 Å². The van der Waals surface area contributed by atoms with Crippen LogP contribution in [0.5, 0.6) is 0 Å². The van der Waals surface area contributed by atoms with Crippen molar-refractivity contribution < 1.29 is 18.4 Å². The molecule has 1 aliphatic carbocycles. The molecule has 2 aromatic rings. The molecule has 0 unspecified atom stereocenters. The van der Waals surface area contributed by atoms with Crippen molar-refractivity contribution in [2.75, 3.05) is 5.32 Å². The molecule has 1 aromatic carbocycles. The van der Waals surface area contributed by atoms with Crippen LogP contribution >= 0.6 is 0 Å². The number of hydrogen-bond acceptors (Lipinski definition) is 4. The number of anilines is 1. The first-order valence-electron chi connectivity index (χ1n) is 10.1. The summed E-state index contributed by atoms with van der Waals surface area (Å²) in [7, 11) is 0. The molecule has 0 fully saturated rings. The Bertz CT molecular complexity index is 1140. The minimum atomic E-state index is -0.872. The number of nitrogens with one attached hydrogen (secondary N) is 2. The third kappa shape index (κ3) is 4.00. The molecular weight excluding hydrogens is 400 g/mol. The molecule has 0 radical (unpaired) electrons. The summed E-state index contributed by atoms with van der Waals surface area (Å²) in [5.41, 5.74) is 2.61. The van der Waals surface area contributed by atoms with Gasteiger partial charge in [-0.15, -0.1) is 0 Å². The number of nitrogens with zero attached hydrogens (tertiary/aromatic N) is 1. The molecule has 5 nitrogen and oxygen atoms in total. The molecule has 4 rings (SSSR count). The molecule has 2 aliphatic rings. The van der Waals surface area contributed by atoms with Gasteiger partial charge in [0.05, 0.1) is 5.69 Å². The van der Waals surface area contributed by atoms with E-state index in [0.29, 0.717) is 41.3 Å². The number of Topliss-reactive ketones (excluding diaryl/α,β-unsaturated/α-hetero) is 1. The lowest BCUT2D eigenvalue weighted by Crippen LogP contribution is -2.39. The van der Waals surface area contributed by atoms with Gasteiger partial charge in [-0.05, 0) is 42.5 Å². The van der Waals surface area contributed by atoms with Gasteiger partial charge in [0, 0.05) is 53.3 Å². The summed E-state index contributed by atoms with van der Waals surface area (Å²) >= 11 is 0. The second-order valence-corrected chi connectivity index (χ2v) is 8.79. The maximum Gasteiger partial charge on any atom is 0.254 e. The van der Waals surface area contributed by atoms with Crippen LogP contribution in [-0.4, -0.2) is 16.7 Å². The molecule has 2 heterocycles. The Morgan fingerprint density at radius 1 is 1.23 bits per heavy atom. The Balaban J connectivity index is 1.79. The van der Waals surface area contributed by atoms with Crippen LogP contribution in [0, 0.1) is 17.0 Å². The zero-order valence-electron chi connectivity index (χ0n) is 17.6. The molecule has 0 saturated carbocycles. The second-order valence-electron chi connectivity index (χ2n) is 8.79. The fourth-order valence-electron chi connectivity index (χ4n) is 4.40. The van der Waals surface area contributed by atoms with Gasteiger partial charge in [0.25, 0.3) is 5.91 Å². The van der Waals surface area contributed by atoms with Gasteiger partial charge in [-0.1, -0.05) is 19.9 Å². The Morgan fingerprint density at radius 2 is 2.00 bits per heavy atom. The highest BCUT2D eigenvalue weighted by molar-refractivity contribution is 6.10. The predicted molar refractivity (Wildman–Crippen MR) is 113 cm³/mol. The van der Waals surface area contributed by atoms with Crippen LogP contribution in [0.15, 0.2) is 65.3 Å². The number of amides is 1. The molecule has 0 saturated heterocycles. The quantitative estimate of drug-likeness (QED) is 0.757. The summed E-state index contributed by atoms with van der Waals surface area (Å²) < 4.78 is 27.4. The first-order chi connectivity index (χ1) is 14.7. The number of aromatic nitrogens is 1. The molecule has 7 heteroatoms. The van der Waals surface area contributed by atoms with E-state index in [0.717, 1.165) is 11.8 Å². The van der Waals surface area contributed by atoms with Gasteiger partial charge in [-0.3, -0.25) is 14.6 Å². The van der Waals surface area contributed by atoms with E-state index in [2.05, 4.69) is 15.6 Å². The summed E-state index contributed by atoms with van der Waals surface area (Å²) in [5.74, 6) is -2.82. The van der Waals surface area contributed by atoms with E-state index < -0.39 is 23.5 Å². The minimum absolute atomic E-state index is 0.0293. The number of dihydropyridines is 1. The highest BCUT2D eigenvalue weighted by Crippen LogP contribution is 2.46. The molecule has 0 bridgehead atoms. The lowest BCUT2D eigenvalue weighted by Gasteiger charge is -2.39. The van der Waals surface area contributed by atoms with E-state index in [9.17, 15) is 18.4 Å². The molecule has 31 heavy (non-hydrogen) atoms. The van der Waals surface area contributed by atoms with Crippen LogP contribution in [0.4, 0.5) is 14.5 Å². The second kappa shape index (κ2) is 7.72. The zero-order chi connectivity index (χ0) is 22.3. The molecular formula is C24H23F2N3O2. The van der Waals surface area contributed by atoms with Gasteiger partial charge < -0.3 is 10.6 Å². The monoisotopic (exact) mass is 423 g/mol. The summed E-state index contributed by atoms with van der Waals surface area (Å²) in [6.45, 7) is 5.83. The number of carbonyl (C=O) groups excluding carboxylic acids is 2. The fourth-order valence-corrected chi connectivity index (χ4v) is 4.40. The van der Waals surface area contributed by atoms with E-state index in [-0.39, 0.29) is 16.9 Å². The number of ketones is 1. The van der Waals surface area contributed by atoms with Gasteiger partial charge >= 0.3 is 0 Å². The van der Waals surface area contributed by atoms with Gasteiger partial charge in [-0.25, -0.2) is 8.78 Å². The largest absolute Gasteiger partial charge is 0.362 e. The maximum atomic E-state index is 14.2. The summed E-state index contributed by atoms with van der Waals surface area (Å²) in [4.78, 5) is 30.6. The lowest BCUT2D eigenvalue weighted by atomic mass is 9.68. The highest BCUT2D eigenvalue weighted by Gasteiger charge is 2.42. The zero-order valence-corrected chi connectivity index (χ0v) is 17.6. The van der Waals surface area contributed by atoms with Crippen molar-refractivity contribution in [3.05, 3.63) is 82.5 Å². The third-order valence-electron chi connectivity index (χ3n) is 5.68. The summed E-state index contributed by atoms with van der Waals surface area (Å²) in [5, 5.41) is 5.78. The number of allylic oxidation sites excluding steroid dienone is 3. The normalized spacial score (nSPS) is 20.3. The predicted octanol–water partition coefficient (Wildman–Crippen LogP) is 4.60. The third-order valence-corrected chi connectivity index (χ3v) is 5.68. The number of halogens is 2. The highest BCUT2D eigenvalue weighted by atomic mass is 19.1. The maximum absolute atomic E-state index is 14.2. The van der Waals surface area contributed by atoms with E-state index in [1.807, 2.05) is 19.9 Å². The molecule has 1 aromatic heterocycles. The topological polar surface area (TPSA) is 71.1 Å². The summed E-state index contributed by atoms with van der Waals surface area (Å²) in [6.07, 6.45) is 4.29. The Morgan fingerprint density at radius 3 is 2.68 bits per heavy atom. The number of rotatable bonds is 3. The van der Waals surface area contributed by atoms with Gasteiger partial charge in [0.1, 0.15) is 11.6 Å². The Hall–Kier alpha value is -3.35.